The molecule has 146 valence electrons. The summed E-state index contributed by atoms with van der Waals surface area (Å²) in [7, 11) is 0. The van der Waals surface area contributed by atoms with Crippen LogP contribution in [0.25, 0.3) is 0 Å². The molecule has 0 saturated carbocycles. The largest absolute Gasteiger partial charge is 0.388 e. The number of carbonyl (C=O) groups excluding carboxylic acids is 2. The molecular formula is C22H20N4O3. The third-order valence-electron chi connectivity index (χ3n) is 4.81. The minimum atomic E-state index is -0.785. The summed E-state index contributed by atoms with van der Waals surface area (Å²) in [5, 5.41) is 16.2. The SMILES string of the molecule is O=C1CCc2cc(NC(=O)c3cccc(C(O)Cc4cnccn4)c3)ccc2N1. The minimum absolute atomic E-state index is 0.00569. The lowest BCUT2D eigenvalue weighted by Gasteiger charge is -2.18. The van der Waals surface area contributed by atoms with Crippen LogP contribution in [0.5, 0.6) is 0 Å². The number of rotatable bonds is 5. The Bertz CT molecular complexity index is 1050. The summed E-state index contributed by atoms with van der Waals surface area (Å²) in [5.74, 6) is -0.260. The van der Waals surface area contributed by atoms with Gasteiger partial charge in [0.05, 0.1) is 11.8 Å². The molecule has 0 bridgehead atoms. The average molecular weight is 388 g/mol. The quantitative estimate of drug-likeness (QED) is 0.623. The van der Waals surface area contributed by atoms with Crippen molar-refractivity contribution in [2.75, 3.05) is 10.6 Å². The molecule has 0 spiro atoms. The van der Waals surface area contributed by atoms with Gasteiger partial charge in [-0.15, -0.1) is 0 Å². The highest BCUT2D eigenvalue weighted by molar-refractivity contribution is 6.04. The van der Waals surface area contributed by atoms with Gasteiger partial charge in [0.25, 0.3) is 5.91 Å². The Morgan fingerprint density at radius 3 is 2.90 bits per heavy atom. The molecule has 7 nitrogen and oxygen atoms in total. The molecule has 3 N–H and O–H groups in total. The zero-order chi connectivity index (χ0) is 20.2. The monoisotopic (exact) mass is 388 g/mol. The molecule has 2 heterocycles. The first-order valence-electron chi connectivity index (χ1n) is 9.35. The minimum Gasteiger partial charge on any atom is -0.388 e. The second kappa shape index (κ2) is 8.20. The van der Waals surface area contributed by atoms with E-state index >= 15 is 0 Å². The van der Waals surface area contributed by atoms with Gasteiger partial charge >= 0.3 is 0 Å². The summed E-state index contributed by atoms with van der Waals surface area (Å²) in [6.45, 7) is 0. The van der Waals surface area contributed by atoms with Crippen LogP contribution in [-0.4, -0.2) is 26.9 Å². The number of benzene rings is 2. The Morgan fingerprint density at radius 2 is 2.07 bits per heavy atom. The third kappa shape index (κ3) is 4.47. The molecular weight excluding hydrogens is 368 g/mol. The summed E-state index contributed by atoms with van der Waals surface area (Å²) in [5.41, 5.74) is 4.21. The van der Waals surface area contributed by atoms with Crippen molar-refractivity contribution in [2.24, 2.45) is 0 Å². The highest BCUT2D eigenvalue weighted by Gasteiger charge is 2.16. The maximum atomic E-state index is 12.7. The lowest BCUT2D eigenvalue weighted by atomic mass is 10.0. The number of aromatic nitrogens is 2. The Kier molecular flexibility index (Phi) is 5.31. The van der Waals surface area contributed by atoms with Crippen LogP contribution in [0.1, 0.15) is 39.7 Å². The fraction of sp³-hybridized carbons (Fsp3) is 0.182. The van der Waals surface area contributed by atoms with Gasteiger partial charge in [-0.25, -0.2) is 0 Å². The van der Waals surface area contributed by atoms with E-state index in [0.717, 1.165) is 11.3 Å². The van der Waals surface area contributed by atoms with Crippen LogP contribution in [0.15, 0.2) is 61.1 Å². The second-order valence-electron chi connectivity index (χ2n) is 6.92. The van der Waals surface area contributed by atoms with E-state index in [1.807, 2.05) is 6.07 Å². The summed E-state index contributed by atoms with van der Waals surface area (Å²) >= 11 is 0. The molecule has 7 heteroatoms. The van der Waals surface area contributed by atoms with Crippen molar-refractivity contribution in [1.29, 1.82) is 0 Å². The van der Waals surface area contributed by atoms with E-state index in [2.05, 4.69) is 20.6 Å². The Morgan fingerprint density at radius 1 is 1.17 bits per heavy atom. The zero-order valence-corrected chi connectivity index (χ0v) is 15.6. The standard InChI is InChI=1S/C22H20N4O3/c27-20(12-18-13-23-8-9-24-18)15-2-1-3-16(10-15)22(29)25-17-5-6-19-14(11-17)4-7-21(28)26-19/h1-3,5-6,8-11,13,20,27H,4,7,12H2,(H,25,29)(H,26,28). The Balaban J connectivity index is 1.47. The van der Waals surface area contributed by atoms with E-state index in [-0.39, 0.29) is 11.8 Å². The first-order chi connectivity index (χ1) is 14.1. The summed E-state index contributed by atoms with van der Waals surface area (Å²) < 4.78 is 0. The first kappa shape index (κ1) is 18.8. The number of aliphatic hydroxyl groups is 1. The molecule has 1 aromatic heterocycles. The molecule has 2 aromatic carbocycles. The summed E-state index contributed by atoms with van der Waals surface area (Å²) in [6.07, 6.45) is 5.39. The van der Waals surface area contributed by atoms with Gasteiger partial charge in [0.1, 0.15) is 0 Å². The van der Waals surface area contributed by atoms with Gasteiger partial charge < -0.3 is 15.7 Å². The predicted octanol–water partition coefficient (Wildman–Crippen LogP) is 2.89. The van der Waals surface area contributed by atoms with Crippen LogP contribution in [0.4, 0.5) is 11.4 Å². The topological polar surface area (TPSA) is 104 Å². The van der Waals surface area contributed by atoms with Gasteiger partial charge in [-0.3, -0.25) is 19.6 Å². The molecule has 1 aliphatic rings. The number of nitrogens with zero attached hydrogens (tertiary/aromatic N) is 2. The average Bonchev–Trinajstić information content (AvgIpc) is 2.74. The van der Waals surface area contributed by atoms with E-state index in [1.165, 1.54) is 0 Å². The molecule has 1 aliphatic heterocycles. The van der Waals surface area contributed by atoms with Gasteiger partial charge in [0.2, 0.25) is 5.91 Å². The van der Waals surface area contributed by atoms with E-state index in [0.29, 0.717) is 41.8 Å². The maximum absolute atomic E-state index is 12.7. The normalized spacial score (nSPS) is 13.9. The van der Waals surface area contributed by atoms with E-state index in [1.54, 1.807) is 55.0 Å². The number of aryl methyl sites for hydroxylation is 1. The van der Waals surface area contributed by atoms with Crippen LogP contribution in [-0.2, 0) is 17.6 Å². The lowest BCUT2D eigenvalue weighted by molar-refractivity contribution is -0.116. The van der Waals surface area contributed by atoms with Gasteiger partial charge in [-0.1, -0.05) is 12.1 Å². The smallest absolute Gasteiger partial charge is 0.255 e. The van der Waals surface area contributed by atoms with E-state index in [4.69, 9.17) is 0 Å². The van der Waals surface area contributed by atoms with Crippen molar-refractivity contribution in [3.63, 3.8) is 0 Å². The molecule has 1 unspecified atom stereocenters. The number of anilines is 2. The van der Waals surface area contributed by atoms with Crippen molar-refractivity contribution in [1.82, 2.24) is 9.97 Å². The fourth-order valence-corrected chi connectivity index (χ4v) is 3.30. The van der Waals surface area contributed by atoms with E-state index in [9.17, 15) is 14.7 Å². The number of aliphatic hydroxyl groups excluding tert-OH is 1. The number of nitrogens with one attached hydrogen (secondary N) is 2. The van der Waals surface area contributed by atoms with E-state index < -0.39 is 6.10 Å². The second-order valence-corrected chi connectivity index (χ2v) is 6.92. The molecule has 29 heavy (non-hydrogen) atoms. The number of hydrogen-bond donors (Lipinski definition) is 3. The van der Waals surface area contributed by atoms with Gasteiger partial charge in [0, 0.05) is 48.4 Å². The molecule has 0 radical (unpaired) electrons. The van der Waals surface area contributed by atoms with Gasteiger partial charge in [-0.05, 0) is 47.9 Å². The number of amides is 2. The summed E-state index contributed by atoms with van der Waals surface area (Å²) in [4.78, 5) is 32.3. The van der Waals surface area contributed by atoms with Crippen LogP contribution < -0.4 is 10.6 Å². The highest BCUT2D eigenvalue weighted by atomic mass is 16.3. The fourth-order valence-electron chi connectivity index (χ4n) is 3.30. The van der Waals surface area contributed by atoms with Crippen LogP contribution in [0, 0.1) is 0 Å². The molecule has 3 aromatic rings. The molecule has 0 saturated heterocycles. The maximum Gasteiger partial charge on any atom is 0.255 e. The molecule has 1 atom stereocenters. The summed E-state index contributed by atoms with van der Waals surface area (Å²) in [6, 6.07) is 12.3. The van der Waals surface area contributed by atoms with Gasteiger partial charge in [0.15, 0.2) is 0 Å². The van der Waals surface area contributed by atoms with Crippen molar-refractivity contribution in [3.05, 3.63) is 83.4 Å². The predicted molar refractivity (Wildman–Crippen MR) is 108 cm³/mol. The van der Waals surface area contributed by atoms with Crippen molar-refractivity contribution in [2.45, 2.75) is 25.4 Å². The molecule has 0 fully saturated rings. The Labute approximate surface area is 167 Å². The van der Waals surface area contributed by atoms with Crippen molar-refractivity contribution in [3.8, 4) is 0 Å². The zero-order valence-electron chi connectivity index (χ0n) is 15.6. The van der Waals surface area contributed by atoms with Gasteiger partial charge in [-0.2, -0.15) is 0 Å². The van der Waals surface area contributed by atoms with Crippen LogP contribution >= 0.6 is 0 Å². The number of hydrogen-bond acceptors (Lipinski definition) is 5. The number of carbonyl (C=O) groups is 2. The van der Waals surface area contributed by atoms with Crippen molar-refractivity contribution < 1.29 is 14.7 Å². The highest BCUT2D eigenvalue weighted by Crippen LogP contribution is 2.26. The Hall–Kier alpha value is -3.58. The van der Waals surface area contributed by atoms with Crippen LogP contribution in [0.2, 0.25) is 0 Å². The first-order valence-corrected chi connectivity index (χ1v) is 9.35. The van der Waals surface area contributed by atoms with Crippen molar-refractivity contribution >= 4 is 23.2 Å². The lowest BCUT2D eigenvalue weighted by Crippen LogP contribution is -2.19. The molecule has 4 rings (SSSR count). The molecule has 2 amide bonds. The van der Waals surface area contributed by atoms with Crippen LogP contribution in [0.3, 0.4) is 0 Å². The molecule has 0 aliphatic carbocycles. The third-order valence-corrected chi connectivity index (χ3v) is 4.81. The number of fused-ring (bicyclic) bond motifs is 1.